The number of urea groups is 1. The highest BCUT2D eigenvalue weighted by atomic mass is 16.3. The van der Waals surface area contributed by atoms with Gasteiger partial charge >= 0.3 is 6.03 Å². The number of aliphatic imine (C=N–C) groups is 1. The monoisotopic (exact) mass is 488 g/mol. The van der Waals surface area contributed by atoms with Crippen molar-refractivity contribution in [2.45, 2.75) is 18.8 Å². The Morgan fingerprint density at radius 1 is 1.06 bits per heavy atom. The van der Waals surface area contributed by atoms with Crippen molar-refractivity contribution in [3.63, 3.8) is 0 Å². The van der Waals surface area contributed by atoms with Crippen LogP contribution in [0.25, 0.3) is 10.9 Å². The summed E-state index contributed by atoms with van der Waals surface area (Å²) in [6.45, 7) is -0.00422. The lowest BCUT2D eigenvalue weighted by Gasteiger charge is -2.39. The lowest BCUT2D eigenvalue weighted by Crippen LogP contribution is -2.65. The molecule has 2 aliphatic heterocycles. The van der Waals surface area contributed by atoms with Gasteiger partial charge in [0.05, 0.1) is 12.1 Å². The maximum Gasteiger partial charge on any atom is 0.327 e. The summed E-state index contributed by atoms with van der Waals surface area (Å²) < 4.78 is 0. The number of nitrogens with one attached hydrogen (secondary N) is 2. The fraction of sp³-hybridized carbons (Fsp3) is 0.250. The van der Waals surface area contributed by atoms with Gasteiger partial charge in [-0.15, -0.1) is 10.2 Å². The van der Waals surface area contributed by atoms with Gasteiger partial charge in [-0.05, 0) is 11.6 Å². The molecule has 0 saturated carbocycles. The molecule has 2 unspecified atom stereocenters. The predicted molar refractivity (Wildman–Crippen MR) is 130 cm³/mol. The molecule has 5 rings (SSSR count). The number of guanidine groups is 1. The van der Waals surface area contributed by atoms with E-state index in [2.05, 4.69) is 25.5 Å². The summed E-state index contributed by atoms with van der Waals surface area (Å²) in [5.41, 5.74) is 1.74. The van der Waals surface area contributed by atoms with Gasteiger partial charge in [0.2, 0.25) is 5.88 Å². The third kappa shape index (κ3) is 4.02. The minimum absolute atomic E-state index is 0.146. The number of carbonyl (C=O) groups is 3. The molecule has 3 N–H and O–H groups in total. The zero-order chi connectivity index (χ0) is 25.4. The number of aromatic amines is 1. The van der Waals surface area contributed by atoms with Crippen LogP contribution in [0.3, 0.4) is 0 Å². The van der Waals surface area contributed by atoms with E-state index in [0.29, 0.717) is 23.4 Å². The molecule has 2 aromatic carbocycles. The Kier molecular flexibility index (Phi) is 5.84. The van der Waals surface area contributed by atoms with Crippen molar-refractivity contribution < 1.29 is 19.5 Å². The number of carbonyl (C=O) groups excluding carboxylic acids is 3. The maximum absolute atomic E-state index is 13.0. The van der Waals surface area contributed by atoms with Gasteiger partial charge in [-0.1, -0.05) is 48.5 Å². The average molecular weight is 489 g/mol. The highest BCUT2D eigenvalue weighted by Crippen LogP contribution is 2.35. The molecule has 0 bridgehead atoms. The van der Waals surface area contributed by atoms with Gasteiger partial charge in [0.1, 0.15) is 12.7 Å². The fourth-order valence-corrected chi connectivity index (χ4v) is 4.38. The lowest BCUT2D eigenvalue weighted by molar-refractivity contribution is -0.136. The second-order valence-electron chi connectivity index (χ2n) is 8.54. The largest absolute Gasteiger partial charge is 0.493 e. The molecule has 0 spiro atoms. The Bertz CT molecular complexity index is 1400. The smallest absolute Gasteiger partial charge is 0.327 e. The molecule has 1 aromatic heterocycles. The molecule has 2 aliphatic rings. The first-order valence-electron chi connectivity index (χ1n) is 11.3. The lowest BCUT2D eigenvalue weighted by atomic mass is 10.1. The van der Waals surface area contributed by atoms with E-state index in [9.17, 15) is 19.5 Å². The Morgan fingerprint density at radius 3 is 2.56 bits per heavy atom. The Labute approximate surface area is 205 Å². The first-order chi connectivity index (χ1) is 17.3. The summed E-state index contributed by atoms with van der Waals surface area (Å²) in [6.07, 6.45) is -0.696. The standard InChI is InChI=1S/C24H24N8O4/c1-30-20-19(22(35)31(2)24(30)36)32(23(27-20)25-12-14-8-4-3-5-9-14)13-17(33)28-29-18-15-10-6-7-11-16(15)26-21(18)34/h3-11,19-20,26,34H,12-13H2,1-2H3,(H,25,27). The van der Waals surface area contributed by atoms with E-state index < -0.39 is 30.1 Å². The van der Waals surface area contributed by atoms with Crippen LogP contribution in [0.4, 0.5) is 10.5 Å². The number of para-hydroxylation sites is 1. The summed E-state index contributed by atoms with van der Waals surface area (Å²) in [6, 6.07) is 15.3. The number of fused-ring (bicyclic) bond motifs is 2. The molecule has 2 saturated heterocycles. The second kappa shape index (κ2) is 9.13. The summed E-state index contributed by atoms with van der Waals surface area (Å²) in [4.78, 5) is 49.7. The van der Waals surface area contributed by atoms with Crippen LogP contribution in [-0.4, -0.2) is 81.4 Å². The van der Waals surface area contributed by atoms with Crippen LogP contribution >= 0.6 is 0 Å². The van der Waals surface area contributed by atoms with Crippen molar-refractivity contribution in [3.8, 4) is 5.88 Å². The van der Waals surface area contributed by atoms with Crippen molar-refractivity contribution in [3.05, 3.63) is 60.2 Å². The summed E-state index contributed by atoms with van der Waals surface area (Å²) >= 11 is 0. The quantitative estimate of drug-likeness (QED) is 0.469. The molecule has 12 nitrogen and oxygen atoms in total. The molecule has 4 amide bonds. The molecule has 2 atom stereocenters. The average Bonchev–Trinajstić information content (AvgIpc) is 3.41. The highest BCUT2D eigenvalue weighted by Gasteiger charge is 2.52. The maximum atomic E-state index is 13.0. The Hall–Kier alpha value is -4.74. The van der Waals surface area contributed by atoms with Crippen molar-refractivity contribution in [2.75, 3.05) is 20.6 Å². The normalized spacial score (nSPS) is 21.1. The van der Waals surface area contributed by atoms with E-state index in [1.165, 1.54) is 16.8 Å². The molecule has 3 aromatic rings. The van der Waals surface area contributed by atoms with E-state index in [-0.39, 0.29) is 18.1 Å². The first-order valence-corrected chi connectivity index (χ1v) is 11.3. The molecule has 184 valence electrons. The van der Waals surface area contributed by atoms with E-state index in [1.54, 1.807) is 31.3 Å². The van der Waals surface area contributed by atoms with Crippen LogP contribution in [0.15, 0.2) is 69.8 Å². The molecular weight excluding hydrogens is 464 g/mol. The van der Waals surface area contributed by atoms with Gasteiger partial charge < -0.3 is 25.2 Å². The minimum atomic E-state index is -0.868. The number of rotatable bonds is 5. The number of aromatic hydroxyl groups is 1. The molecule has 36 heavy (non-hydrogen) atoms. The van der Waals surface area contributed by atoms with Crippen molar-refractivity contribution in [1.82, 2.24) is 25.0 Å². The van der Waals surface area contributed by atoms with Crippen LogP contribution < -0.4 is 5.32 Å². The number of nitrogens with zero attached hydrogens (tertiary/aromatic N) is 6. The van der Waals surface area contributed by atoms with Gasteiger partial charge in [-0.3, -0.25) is 14.5 Å². The molecule has 0 radical (unpaired) electrons. The van der Waals surface area contributed by atoms with Crippen molar-refractivity contribution in [2.24, 2.45) is 15.2 Å². The first kappa shape index (κ1) is 23.0. The number of hydrogen-bond acceptors (Lipinski definition) is 6. The van der Waals surface area contributed by atoms with Crippen LogP contribution in [0.2, 0.25) is 0 Å². The third-order valence-electron chi connectivity index (χ3n) is 6.25. The number of imide groups is 1. The van der Waals surface area contributed by atoms with Crippen LogP contribution in [0.1, 0.15) is 5.56 Å². The van der Waals surface area contributed by atoms with E-state index >= 15 is 0 Å². The van der Waals surface area contributed by atoms with Gasteiger partial charge in [-0.2, -0.15) is 0 Å². The van der Waals surface area contributed by atoms with Gasteiger partial charge in [0.25, 0.3) is 11.8 Å². The van der Waals surface area contributed by atoms with Crippen molar-refractivity contribution in [1.29, 1.82) is 0 Å². The molecule has 2 fully saturated rings. The fourth-order valence-electron chi connectivity index (χ4n) is 4.38. The summed E-state index contributed by atoms with van der Waals surface area (Å²) in [5.74, 6) is -1.01. The molecule has 3 heterocycles. The zero-order valence-corrected chi connectivity index (χ0v) is 19.6. The third-order valence-corrected chi connectivity index (χ3v) is 6.25. The molecule has 0 aliphatic carbocycles. The van der Waals surface area contributed by atoms with Gasteiger partial charge in [0.15, 0.2) is 17.7 Å². The highest BCUT2D eigenvalue weighted by molar-refractivity contribution is 6.05. The second-order valence-corrected chi connectivity index (χ2v) is 8.54. The van der Waals surface area contributed by atoms with E-state index in [4.69, 9.17) is 0 Å². The number of likely N-dealkylation sites (N-methyl/N-ethyl adjacent to an activating group) is 2. The summed E-state index contributed by atoms with van der Waals surface area (Å²) in [7, 11) is 2.98. The number of amides is 4. The number of aromatic nitrogens is 1. The van der Waals surface area contributed by atoms with E-state index in [0.717, 1.165) is 10.5 Å². The van der Waals surface area contributed by atoms with Crippen LogP contribution in [0, 0.1) is 0 Å². The number of azo groups is 1. The van der Waals surface area contributed by atoms with Crippen LogP contribution in [-0.2, 0) is 16.1 Å². The van der Waals surface area contributed by atoms with E-state index in [1.807, 2.05) is 30.3 Å². The Morgan fingerprint density at radius 2 is 1.78 bits per heavy atom. The predicted octanol–water partition coefficient (Wildman–Crippen LogP) is 2.16. The van der Waals surface area contributed by atoms with Crippen molar-refractivity contribution >= 4 is 40.4 Å². The molecular formula is C24H24N8O4. The SMILES string of the molecule is CN1C(=O)C2C(NC(=NCc3ccccc3)N2CC(=O)N=Nc2c(O)[nH]c3ccccc23)N(C)C1=O. The Balaban J connectivity index is 1.42. The minimum Gasteiger partial charge on any atom is -0.493 e. The van der Waals surface area contributed by atoms with Gasteiger partial charge in [0, 0.05) is 19.5 Å². The number of H-pyrrole nitrogens is 1. The van der Waals surface area contributed by atoms with Crippen LogP contribution in [0.5, 0.6) is 5.88 Å². The summed E-state index contributed by atoms with van der Waals surface area (Å²) in [5, 5.41) is 21.7. The molecule has 12 heteroatoms. The topological polar surface area (TPSA) is 146 Å². The zero-order valence-electron chi connectivity index (χ0n) is 19.6. The number of hydrogen-bond donors (Lipinski definition) is 3. The van der Waals surface area contributed by atoms with Gasteiger partial charge in [-0.25, -0.2) is 9.79 Å². The number of benzene rings is 2.